The molecule has 4 rings (SSSR count). The van der Waals surface area contributed by atoms with Crippen molar-refractivity contribution in [1.82, 2.24) is 14.3 Å². The summed E-state index contributed by atoms with van der Waals surface area (Å²) in [7, 11) is -1.75. The van der Waals surface area contributed by atoms with Crippen LogP contribution in [-0.2, 0) is 10.0 Å². The molecule has 0 fully saturated rings. The lowest BCUT2D eigenvalue weighted by molar-refractivity contribution is 0.388. The van der Waals surface area contributed by atoms with Gasteiger partial charge in [-0.1, -0.05) is 18.2 Å². The quantitative estimate of drug-likeness (QED) is 0.727. The molecule has 0 spiro atoms. The Hall–Kier alpha value is -2.71. The maximum Gasteiger partial charge on any atom is 0.211 e. The van der Waals surface area contributed by atoms with E-state index >= 15 is 0 Å². The predicted molar refractivity (Wildman–Crippen MR) is 107 cm³/mol. The molecule has 0 amide bonds. The van der Waals surface area contributed by atoms with Gasteiger partial charge in [-0.3, -0.25) is 0 Å². The van der Waals surface area contributed by atoms with E-state index in [1.165, 1.54) is 23.7 Å². The highest BCUT2D eigenvalue weighted by molar-refractivity contribution is 7.88. The second-order valence-electron chi connectivity index (χ2n) is 6.72. The van der Waals surface area contributed by atoms with Crippen LogP contribution >= 0.6 is 0 Å². The number of ether oxygens (including phenoxy) is 1. The molecule has 0 saturated carbocycles. The molecule has 146 valence electrons. The van der Waals surface area contributed by atoms with Gasteiger partial charge in [0.1, 0.15) is 5.65 Å². The van der Waals surface area contributed by atoms with Crippen LogP contribution in [0.25, 0.3) is 27.7 Å². The number of pyridine rings is 1. The van der Waals surface area contributed by atoms with Gasteiger partial charge in [0.2, 0.25) is 10.0 Å². The number of aromatic nitrogens is 2. The number of hydrogen-bond donors (Lipinski definition) is 1. The first-order valence-electron chi connectivity index (χ1n) is 8.83. The second-order valence-corrected chi connectivity index (χ2v) is 8.71. The van der Waals surface area contributed by atoms with Crippen molar-refractivity contribution in [2.75, 3.05) is 26.5 Å². The van der Waals surface area contributed by atoms with E-state index in [-0.39, 0.29) is 5.75 Å². The summed E-state index contributed by atoms with van der Waals surface area (Å²) in [5.41, 5.74) is 4.08. The van der Waals surface area contributed by atoms with Crippen molar-refractivity contribution in [2.45, 2.75) is 6.42 Å². The second kappa shape index (κ2) is 7.03. The largest absolute Gasteiger partial charge is 0.493 e. The van der Waals surface area contributed by atoms with Crippen molar-refractivity contribution in [2.24, 2.45) is 0 Å². The number of nitrogens with one attached hydrogen (secondary N) is 1. The summed E-state index contributed by atoms with van der Waals surface area (Å²) in [5.74, 6) is -0.227. The van der Waals surface area contributed by atoms with Crippen LogP contribution in [0.2, 0.25) is 0 Å². The Morgan fingerprint density at radius 2 is 2.07 bits per heavy atom. The molecule has 8 heteroatoms. The smallest absolute Gasteiger partial charge is 0.211 e. The molecule has 1 aliphatic heterocycles. The van der Waals surface area contributed by atoms with Crippen LogP contribution < -0.4 is 4.74 Å². The van der Waals surface area contributed by atoms with Crippen LogP contribution in [0, 0.1) is 5.82 Å². The third-order valence-corrected chi connectivity index (χ3v) is 6.25. The number of methoxy groups -OCH3 is 1. The molecule has 3 aromatic rings. The monoisotopic (exact) mass is 401 g/mol. The van der Waals surface area contributed by atoms with E-state index in [1.54, 1.807) is 12.3 Å². The number of nitrogens with zero attached hydrogens (tertiary/aromatic N) is 2. The molecule has 2 aromatic heterocycles. The molecule has 6 nitrogen and oxygen atoms in total. The van der Waals surface area contributed by atoms with Crippen LogP contribution in [0.4, 0.5) is 4.39 Å². The molecule has 0 unspecified atom stereocenters. The summed E-state index contributed by atoms with van der Waals surface area (Å²) in [6, 6.07) is 8.63. The average molecular weight is 401 g/mol. The van der Waals surface area contributed by atoms with Gasteiger partial charge in [-0.25, -0.2) is 17.8 Å². The van der Waals surface area contributed by atoms with Crippen LogP contribution in [0.15, 0.2) is 42.6 Å². The number of fused-ring (bicyclic) bond motifs is 1. The van der Waals surface area contributed by atoms with Crippen LogP contribution in [0.5, 0.6) is 5.75 Å². The maximum absolute atomic E-state index is 14.2. The van der Waals surface area contributed by atoms with Gasteiger partial charge in [0.25, 0.3) is 0 Å². The number of sulfonamides is 1. The van der Waals surface area contributed by atoms with Crippen LogP contribution in [-0.4, -0.2) is 49.1 Å². The molecule has 1 N–H and O–H groups in total. The molecule has 0 radical (unpaired) electrons. The van der Waals surface area contributed by atoms with Crippen molar-refractivity contribution in [3.63, 3.8) is 0 Å². The predicted octanol–water partition coefficient (Wildman–Crippen LogP) is 3.43. The van der Waals surface area contributed by atoms with E-state index in [9.17, 15) is 12.8 Å². The number of benzene rings is 1. The summed E-state index contributed by atoms with van der Waals surface area (Å²) < 4.78 is 44.3. The third kappa shape index (κ3) is 3.29. The van der Waals surface area contributed by atoms with E-state index in [2.05, 4.69) is 9.97 Å². The Labute approximate surface area is 162 Å². The minimum atomic E-state index is -3.19. The molecule has 0 saturated heterocycles. The zero-order valence-corrected chi connectivity index (χ0v) is 16.4. The fourth-order valence-electron chi connectivity index (χ4n) is 3.56. The SMILES string of the molecule is COc1c(F)cccc1-c1ccnc2[nH]c(C3=CCN(S(C)(=O)=O)CC3)cc12. The number of para-hydroxylation sites is 1. The highest BCUT2D eigenvalue weighted by Gasteiger charge is 2.22. The van der Waals surface area contributed by atoms with Crippen molar-refractivity contribution in [3.05, 3.63) is 54.1 Å². The molecule has 0 aliphatic carbocycles. The van der Waals surface area contributed by atoms with Gasteiger partial charge in [-0.05, 0) is 35.8 Å². The van der Waals surface area contributed by atoms with Gasteiger partial charge < -0.3 is 9.72 Å². The fourth-order valence-corrected chi connectivity index (χ4v) is 4.33. The summed E-state index contributed by atoms with van der Waals surface area (Å²) in [4.78, 5) is 7.69. The Morgan fingerprint density at radius 1 is 1.25 bits per heavy atom. The first-order chi connectivity index (χ1) is 13.4. The van der Waals surface area contributed by atoms with Gasteiger partial charge in [0.15, 0.2) is 11.6 Å². The number of halogens is 1. The molecule has 0 atom stereocenters. The number of H-pyrrole nitrogens is 1. The normalized spacial score (nSPS) is 15.6. The Bertz CT molecular complexity index is 1180. The van der Waals surface area contributed by atoms with Gasteiger partial charge in [-0.2, -0.15) is 4.31 Å². The standard InChI is InChI=1S/C20H20FN3O3S/c1-27-19-15(4-3-5-17(19)21)14-6-9-22-20-16(14)12-18(23-20)13-7-10-24(11-8-13)28(2,25)26/h3-7,9,12H,8,10-11H2,1-2H3,(H,22,23). The van der Waals surface area contributed by atoms with E-state index < -0.39 is 15.8 Å². The highest BCUT2D eigenvalue weighted by atomic mass is 32.2. The zero-order chi connectivity index (χ0) is 19.9. The fraction of sp³-hybridized carbons (Fsp3) is 0.250. The van der Waals surface area contributed by atoms with Gasteiger partial charge in [0.05, 0.1) is 13.4 Å². The first-order valence-corrected chi connectivity index (χ1v) is 10.7. The minimum absolute atomic E-state index is 0.193. The van der Waals surface area contributed by atoms with Crippen molar-refractivity contribution in [1.29, 1.82) is 0 Å². The van der Waals surface area contributed by atoms with Crippen molar-refractivity contribution in [3.8, 4) is 16.9 Å². The lowest BCUT2D eigenvalue weighted by Gasteiger charge is -2.23. The highest BCUT2D eigenvalue weighted by Crippen LogP contribution is 2.37. The summed E-state index contributed by atoms with van der Waals surface area (Å²) >= 11 is 0. The van der Waals surface area contributed by atoms with Gasteiger partial charge in [-0.15, -0.1) is 0 Å². The molecule has 1 aliphatic rings. The number of rotatable bonds is 4. The summed E-state index contributed by atoms with van der Waals surface area (Å²) in [5, 5.41) is 0.854. The molecular formula is C20H20FN3O3S. The van der Waals surface area contributed by atoms with Crippen molar-refractivity contribution >= 4 is 26.6 Å². The molecule has 3 heterocycles. The maximum atomic E-state index is 14.2. The van der Waals surface area contributed by atoms with E-state index in [0.717, 1.165) is 22.2 Å². The number of hydrogen-bond acceptors (Lipinski definition) is 4. The first kappa shape index (κ1) is 18.6. The third-order valence-electron chi connectivity index (χ3n) is 4.98. The Kier molecular flexibility index (Phi) is 4.68. The molecule has 28 heavy (non-hydrogen) atoms. The molecule has 1 aromatic carbocycles. The van der Waals surface area contributed by atoms with Crippen LogP contribution in [0.3, 0.4) is 0 Å². The van der Waals surface area contributed by atoms with E-state index in [1.807, 2.05) is 24.3 Å². The topological polar surface area (TPSA) is 75.3 Å². The average Bonchev–Trinajstić information content (AvgIpc) is 3.11. The van der Waals surface area contributed by atoms with Crippen LogP contribution in [0.1, 0.15) is 12.1 Å². The van der Waals surface area contributed by atoms with Crippen molar-refractivity contribution < 1.29 is 17.5 Å². The van der Waals surface area contributed by atoms with E-state index in [0.29, 0.717) is 30.7 Å². The lowest BCUT2D eigenvalue weighted by Crippen LogP contribution is -2.33. The summed E-state index contributed by atoms with van der Waals surface area (Å²) in [6.45, 7) is 0.791. The number of aromatic amines is 1. The van der Waals surface area contributed by atoms with Gasteiger partial charge >= 0.3 is 0 Å². The minimum Gasteiger partial charge on any atom is -0.493 e. The zero-order valence-electron chi connectivity index (χ0n) is 15.6. The Balaban J connectivity index is 1.77. The summed E-state index contributed by atoms with van der Waals surface area (Å²) in [6.07, 6.45) is 5.41. The lowest BCUT2D eigenvalue weighted by atomic mass is 10.0. The van der Waals surface area contributed by atoms with Gasteiger partial charge in [0, 0.05) is 35.9 Å². The van der Waals surface area contributed by atoms with E-state index in [4.69, 9.17) is 4.74 Å². The Morgan fingerprint density at radius 3 is 2.75 bits per heavy atom. The molecular weight excluding hydrogens is 381 g/mol. The molecule has 0 bridgehead atoms.